The first-order valence-electron chi connectivity index (χ1n) is 8.42. The summed E-state index contributed by atoms with van der Waals surface area (Å²) in [6, 6.07) is 5.54. The van der Waals surface area contributed by atoms with Crippen LogP contribution in [0.5, 0.6) is 5.75 Å². The lowest BCUT2D eigenvalue weighted by Gasteiger charge is -2.33. The van der Waals surface area contributed by atoms with Crippen molar-refractivity contribution in [2.45, 2.75) is 39.4 Å². The van der Waals surface area contributed by atoms with Crippen LogP contribution in [0.4, 0.5) is 0 Å². The van der Waals surface area contributed by atoms with Gasteiger partial charge in [0.2, 0.25) is 0 Å². The van der Waals surface area contributed by atoms with Crippen LogP contribution in [0.3, 0.4) is 0 Å². The Kier molecular flexibility index (Phi) is 5.33. The molecule has 0 aliphatic carbocycles. The number of ether oxygens (including phenoxy) is 2. The van der Waals surface area contributed by atoms with Crippen LogP contribution in [0.1, 0.15) is 40.5 Å². The van der Waals surface area contributed by atoms with Gasteiger partial charge in [-0.2, -0.15) is 4.98 Å². The summed E-state index contributed by atoms with van der Waals surface area (Å²) < 4.78 is 16.2. The van der Waals surface area contributed by atoms with E-state index < -0.39 is 0 Å². The van der Waals surface area contributed by atoms with Gasteiger partial charge in [-0.25, -0.2) is 0 Å². The van der Waals surface area contributed by atoms with Gasteiger partial charge in [0, 0.05) is 24.2 Å². The summed E-state index contributed by atoms with van der Waals surface area (Å²) in [5.41, 5.74) is 1.53. The van der Waals surface area contributed by atoms with Crippen LogP contribution >= 0.6 is 0 Å². The molecule has 1 unspecified atom stereocenters. The summed E-state index contributed by atoms with van der Waals surface area (Å²) in [6.45, 7) is 5.23. The van der Waals surface area contributed by atoms with E-state index in [4.69, 9.17) is 14.0 Å². The van der Waals surface area contributed by atoms with Crippen molar-refractivity contribution >= 4 is 5.91 Å². The van der Waals surface area contributed by atoms with Crippen LogP contribution in [0.2, 0.25) is 0 Å². The first-order chi connectivity index (χ1) is 12.1. The number of benzene rings is 1. The Balaban J connectivity index is 1.63. The maximum atomic E-state index is 12.9. The summed E-state index contributed by atoms with van der Waals surface area (Å²) in [5, 5.41) is 3.75. The van der Waals surface area contributed by atoms with Crippen molar-refractivity contribution < 1.29 is 18.8 Å². The third kappa shape index (κ3) is 3.99. The van der Waals surface area contributed by atoms with Crippen molar-refractivity contribution in [3.8, 4) is 5.75 Å². The molecule has 134 valence electrons. The first-order valence-corrected chi connectivity index (χ1v) is 8.42. The van der Waals surface area contributed by atoms with Gasteiger partial charge in [-0.3, -0.25) is 4.79 Å². The van der Waals surface area contributed by atoms with Gasteiger partial charge < -0.3 is 18.9 Å². The number of carbonyl (C=O) groups excluding carboxylic acids is 1. The third-order valence-electron chi connectivity index (χ3n) is 4.41. The highest BCUT2D eigenvalue weighted by atomic mass is 16.5. The fourth-order valence-corrected chi connectivity index (χ4v) is 3.08. The van der Waals surface area contributed by atoms with Crippen LogP contribution < -0.4 is 4.74 Å². The lowest BCUT2D eigenvalue weighted by Crippen LogP contribution is -2.43. The normalized spacial score (nSPS) is 17.6. The number of methoxy groups -OCH3 is 1. The predicted molar refractivity (Wildman–Crippen MR) is 90.5 cm³/mol. The minimum Gasteiger partial charge on any atom is -0.496 e. The van der Waals surface area contributed by atoms with E-state index in [-0.39, 0.29) is 18.6 Å². The summed E-state index contributed by atoms with van der Waals surface area (Å²) in [7, 11) is 1.61. The molecule has 1 aliphatic heterocycles. The molecule has 0 N–H and O–H groups in total. The van der Waals surface area contributed by atoms with Crippen LogP contribution in [0.25, 0.3) is 0 Å². The maximum absolute atomic E-state index is 12.9. The zero-order valence-corrected chi connectivity index (χ0v) is 14.8. The lowest BCUT2D eigenvalue weighted by molar-refractivity contribution is -0.0154. The number of aromatic nitrogens is 2. The van der Waals surface area contributed by atoms with Gasteiger partial charge in [-0.1, -0.05) is 11.2 Å². The molecule has 1 fully saturated rings. The van der Waals surface area contributed by atoms with Crippen molar-refractivity contribution in [3.05, 3.63) is 41.0 Å². The molecule has 1 saturated heterocycles. The van der Waals surface area contributed by atoms with Crippen molar-refractivity contribution in [2.75, 3.05) is 20.2 Å². The zero-order chi connectivity index (χ0) is 17.8. The number of aryl methyl sites for hydroxylation is 1. The Morgan fingerprint density at radius 2 is 2.24 bits per heavy atom. The standard InChI is InChI=1S/C18H23N3O4/c1-12-15(7-4-8-16(12)23-3)18(22)21-9-5-6-14(10-21)24-11-17-19-13(2)20-25-17/h4,7-8,14H,5-6,9-11H2,1-3H3. The molecule has 7 nitrogen and oxygen atoms in total. The average Bonchev–Trinajstić information content (AvgIpc) is 3.05. The molecule has 1 aliphatic rings. The molecule has 0 radical (unpaired) electrons. The molecule has 1 aromatic carbocycles. The second-order valence-electron chi connectivity index (χ2n) is 6.19. The molecule has 2 heterocycles. The Morgan fingerprint density at radius 3 is 2.96 bits per heavy atom. The molecule has 1 atom stereocenters. The fraction of sp³-hybridized carbons (Fsp3) is 0.500. The van der Waals surface area contributed by atoms with Crippen LogP contribution in [-0.4, -0.2) is 47.3 Å². The van der Waals surface area contributed by atoms with Crippen LogP contribution in [-0.2, 0) is 11.3 Å². The minimum absolute atomic E-state index is 0.0123. The summed E-state index contributed by atoms with van der Waals surface area (Å²) in [4.78, 5) is 18.9. The SMILES string of the molecule is COc1cccc(C(=O)N2CCCC(OCc3nc(C)no3)C2)c1C. The van der Waals surface area contributed by atoms with E-state index >= 15 is 0 Å². The number of piperidine rings is 1. The van der Waals surface area contributed by atoms with E-state index in [0.29, 0.717) is 23.8 Å². The van der Waals surface area contributed by atoms with Gasteiger partial charge in [-0.15, -0.1) is 0 Å². The summed E-state index contributed by atoms with van der Waals surface area (Å²) in [6.07, 6.45) is 1.78. The number of carbonyl (C=O) groups is 1. The fourth-order valence-electron chi connectivity index (χ4n) is 3.08. The van der Waals surface area contributed by atoms with Crippen molar-refractivity contribution in [2.24, 2.45) is 0 Å². The molecule has 25 heavy (non-hydrogen) atoms. The number of nitrogens with zero attached hydrogens (tertiary/aromatic N) is 3. The van der Waals surface area contributed by atoms with E-state index in [1.165, 1.54) is 0 Å². The first kappa shape index (κ1) is 17.4. The Bertz CT molecular complexity index is 744. The smallest absolute Gasteiger partial charge is 0.254 e. The Hall–Kier alpha value is -2.41. The molecule has 0 bridgehead atoms. The monoisotopic (exact) mass is 345 g/mol. The molecule has 0 saturated carbocycles. The molecular formula is C18H23N3O4. The van der Waals surface area contributed by atoms with Crippen molar-refractivity contribution in [1.82, 2.24) is 15.0 Å². The van der Waals surface area contributed by atoms with Gasteiger partial charge >= 0.3 is 0 Å². The topological polar surface area (TPSA) is 77.7 Å². The maximum Gasteiger partial charge on any atom is 0.254 e. The van der Waals surface area contributed by atoms with Gasteiger partial charge in [-0.05, 0) is 38.8 Å². The highest BCUT2D eigenvalue weighted by Gasteiger charge is 2.26. The average molecular weight is 345 g/mol. The van der Waals surface area contributed by atoms with Gasteiger partial charge in [0.05, 0.1) is 13.2 Å². The second kappa shape index (κ2) is 7.65. The number of amides is 1. The zero-order valence-electron chi connectivity index (χ0n) is 14.8. The van der Waals surface area contributed by atoms with Crippen LogP contribution in [0, 0.1) is 13.8 Å². The van der Waals surface area contributed by atoms with Gasteiger partial charge in [0.25, 0.3) is 11.8 Å². The highest BCUT2D eigenvalue weighted by Crippen LogP contribution is 2.24. The Morgan fingerprint density at radius 1 is 1.40 bits per heavy atom. The van der Waals surface area contributed by atoms with Crippen molar-refractivity contribution in [3.63, 3.8) is 0 Å². The molecular weight excluding hydrogens is 322 g/mol. The largest absolute Gasteiger partial charge is 0.496 e. The summed E-state index contributed by atoms with van der Waals surface area (Å²) >= 11 is 0. The number of likely N-dealkylation sites (tertiary alicyclic amines) is 1. The molecule has 3 rings (SSSR count). The van der Waals surface area contributed by atoms with E-state index in [1.54, 1.807) is 14.0 Å². The molecule has 2 aromatic rings. The van der Waals surface area contributed by atoms with Gasteiger partial charge in [0.1, 0.15) is 12.4 Å². The molecule has 1 amide bonds. The van der Waals surface area contributed by atoms with E-state index in [9.17, 15) is 4.79 Å². The molecule has 7 heteroatoms. The summed E-state index contributed by atoms with van der Waals surface area (Å²) in [5.74, 6) is 1.79. The quantitative estimate of drug-likeness (QED) is 0.829. The predicted octanol–water partition coefficient (Wildman–Crippen LogP) is 2.52. The molecule has 1 aromatic heterocycles. The molecule has 0 spiro atoms. The highest BCUT2D eigenvalue weighted by molar-refractivity contribution is 5.96. The number of rotatable bonds is 5. The van der Waals surface area contributed by atoms with E-state index in [2.05, 4.69) is 10.1 Å². The minimum atomic E-state index is -0.0316. The third-order valence-corrected chi connectivity index (χ3v) is 4.41. The number of hydrogen-bond acceptors (Lipinski definition) is 6. The Labute approximate surface area is 146 Å². The van der Waals surface area contributed by atoms with Crippen LogP contribution in [0.15, 0.2) is 22.7 Å². The number of hydrogen-bond donors (Lipinski definition) is 0. The van der Waals surface area contributed by atoms with E-state index in [0.717, 1.165) is 30.7 Å². The van der Waals surface area contributed by atoms with Gasteiger partial charge in [0.15, 0.2) is 5.82 Å². The van der Waals surface area contributed by atoms with E-state index in [1.807, 2.05) is 30.0 Å². The lowest BCUT2D eigenvalue weighted by atomic mass is 10.0. The second-order valence-corrected chi connectivity index (χ2v) is 6.19. The van der Waals surface area contributed by atoms with Crippen molar-refractivity contribution in [1.29, 1.82) is 0 Å².